The number of ether oxygens (including phenoxy) is 1. The van der Waals surface area contributed by atoms with E-state index in [9.17, 15) is 4.79 Å². The Morgan fingerprint density at radius 1 is 0.792 bits per heavy atom. The maximum Gasteiger partial charge on any atom is 0.212 e. The molecule has 0 fully saturated rings. The van der Waals surface area contributed by atoms with Gasteiger partial charge < -0.3 is 4.74 Å². The summed E-state index contributed by atoms with van der Waals surface area (Å²) in [5, 5.41) is 0. The van der Waals surface area contributed by atoms with Gasteiger partial charge in [-0.15, -0.1) is 0 Å². The van der Waals surface area contributed by atoms with Gasteiger partial charge >= 0.3 is 0 Å². The Kier molecular flexibility index (Phi) is 5.34. The number of Topliss-reactive ketones (excluding diaryl/α,β-unsaturated/α-hetero) is 1. The predicted molar refractivity (Wildman–Crippen MR) is 99.0 cm³/mol. The second-order valence-corrected chi connectivity index (χ2v) is 7.33. The molecule has 0 heterocycles. The maximum absolute atomic E-state index is 12.8. The molecular formula is C21H19O2S+. The molecule has 0 radical (unpaired) electrons. The lowest BCUT2D eigenvalue weighted by Gasteiger charge is -2.08. The Labute approximate surface area is 145 Å². The second-order valence-electron chi connectivity index (χ2n) is 5.31. The van der Waals surface area contributed by atoms with E-state index in [4.69, 9.17) is 4.74 Å². The normalized spacial score (nSPS) is 10.6. The molecule has 3 aromatic carbocycles. The summed E-state index contributed by atoms with van der Waals surface area (Å²) in [6.07, 6.45) is 0. The van der Waals surface area contributed by atoms with Crippen LogP contribution in [0.5, 0.6) is 5.75 Å². The average Bonchev–Trinajstić information content (AvgIpc) is 2.67. The molecule has 3 rings (SSSR count). The monoisotopic (exact) mass is 335 g/mol. The van der Waals surface area contributed by atoms with Crippen LogP contribution in [0, 0.1) is 0 Å². The average molecular weight is 335 g/mol. The number of rotatable bonds is 6. The summed E-state index contributed by atoms with van der Waals surface area (Å²) < 4.78 is 5.16. The number of hydrogen-bond donors (Lipinski definition) is 0. The van der Waals surface area contributed by atoms with Gasteiger partial charge in [0, 0.05) is 5.56 Å². The standard InChI is InChI=1S/C21H19O2S/c1-23-18-14-12-17(13-15-18)21(22)16-24(19-8-4-2-5-9-19)20-10-6-3-7-11-20/h2-15H,16H2,1H3/q+1. The van der Waals surface area contributed by atoms with E-state index < -0.39 is 0 Å². The minimum atomic E-state index is -0.270. The van der Waals surface area contributed by atoms with Gasteiger partial charge in [-0.05, 0) is 48.5 Å². The van der Waals surface area contributed by atoms with Crippen molar-refractivity contribution in [2.45, 2.75) is 9.79 Å². The lowest BCUT2D eigenvalue weighted by Crippen LogP contribution is -2.17. The first-order chi connectivity index (χ1) is 11.8. The van der Waals surface area contributed by atoms with Crippen molar-refractivity contribution in [3.05, 3.63) is 90.5 Å². The van der Waals surface area contributed by atoms with E-state index in [0.717, 1.165) is 11.3 Å². The third-order valence-electron chi connectivity index (χ3n) is 3.74. The lowest BCUT2D eigenvalue weighted by molar-refractivity contribution is 0.102. The number of carbonyl (C=O) groups is 1. The highest BCUT2D eigenvalue weighted by atomic mass is 32.2. The van der Waals surface area contributed by atoms with Crippen LogP contribution in [0.1, 0.15) is 10.4 Å². The summed E-state index contributed by atoms with van der Waals surface area (Å²) in [4.78, 5) is 15.1. The topological polar surface area (TPSA) is 26.3 Å². The second kappa shape index (κ2) is 7.84. The maximum atomic E-state index is 12.8. The smallest absolute Gasteiger partial charge is 0.212 e. The van der Waals surface area contributed by atoms with Gasteiger partial charge in [0.2, 0.25) is 5.78 Å². The van der Waals surface area contributed by atoms with E-state index in [-0.39, 0.29) is 16.7 Å². The summed E-state index contributed by atoms with van der Waals surface area (Å²) in [6.45, 7) is 0. The third-order valence-corrected chi connectivity index (χ3v) is 5.98. The van der Waals surface area contributed by atoms with Crippen molar-refractivity contribution in [1.82, 2.24) is 0 Å². The molecule has 120 valence electrons. The van der Waals surface area contributed by atoms with Crippen LogP contribution in [0.15, 0.2) is 94.7 Å². The Morgan fingerprint density at radius 2 is 1.29 bits per heavy atom. The zero-order valence-electron chi connectivity index (χ0n) is 13.5. The Balaban J connectivity index is 1.87. The molecule has 0 aliphatic carbocycles. The van der Waals surface area contributed by atoms with Gasteiger partial charge in [-0.25, -0.2) is 0 Å². The molecule has 0 aliphatic heterocycles. The zero-order chi connectivity index (χ0) is 16.8. The number of carbonyl (C=O) groups excluding carboxylic acids is 1. The van der Waals surface area contributed by atoms with E-state index in [2.05, 4.69) is 24.3 Å². The van der Waals surface area contributed by atoms with Crippen molar-refractivity contribution in [2.75, 3.05) is 12.9 Å². The molecule has 24 heavy (non-hydrogen) atoms. The third kappa shape index (κ3) is 3.87. The summed E-state index contributed by atoms with van der Waals surface area (Å²) in [5.41, 5.74) is 0.722. The van der Waals surface area contributed by atoms with Crippen molar-refractivity contribution in [2.24, 2.45) is 0 Å². The highest BCUT2D eigenvalue weighted by Gasteiger charge is 2.28. The van der Waals surface area contributed by atoms with Gasteiger partial charge in [-0.2, -0.15) is 0 Å². The van der Waals surface area contributed by atoms with Crippen LogP contribution in [-0.4, -0.2) is 18.6 Å². The summed E-state index contributed by atoms with van der Waals surface area (Å²) in [6, 6.07) is 27.8. The van der Waals surface area contributed by atoms with Crippen LogP contribution in [0.2, 0.25) is 0 Å². The molecule has 0 N–H and O–H groups in total. The molecule has 0 atom stereocenters. The summed E-state index contributed by atoms with van der Waals surface area (Å²) in [7, 11) is 1.35. The Hall–Kier alpha value is -2.52. The van der Waals surface area contributed by atoms with E-state index >= 15 is 0 Å². The van der Waals surface area contributed by atoms with Gasteiger partial charge in [0.25, 0.3) is 0 Å². The Morgan fingerprint density at radius 3 is 1.75 bits per heavy atom. The molecule has 0 saturated carbocycles. The molecular weight excluding hydrogens is 316 g/mol. The van der Waals surface area contributed by atoms with E-state index in [1.165, 1.54) is 9.79 Å². The molecule has 3 heteroatoms. The van der Waals surface area contributed by atoms with Crippen LogP contribution >= 0.6 is 0 Å². The first kappa shape index (κ1) is 16.3. The van der Waals surface area contributed by atoms with E-state index in [0.29, 0.717) is 5.75 Å². The van der Waals surface area contributed by atoms with Crippen molar-refractivity contribution in [1.29, 1.82) is 0 Å². The molecule has 0 unspecified atom stereocenters. The molecule has 0 aromatic heterocycles. The van der Waals surface area contributed by atoms with Gasteiger partial charge in [0.15, 0.2) is 15.5 Å². The minimum absolute atomic E-state index is 0.147. The molecule has 2 nitrogen and oxygen atoms in total. The van der Waals surface area contributed by atoms with Crippen LogP contribution in [0.3, 0.4) is 0 Å². The molecule has 0 bridgehead atoms. The van der Waals surface area contributed by atoms with Crippen LogP contribution in [-0.2, 0) is 10.9 Å². The first-order valence-electron chi connectivity index (χ1n) is 7.76. The molecule has 0 saturated heterocycles. The van der Waals surface area contributed by atoms with Gasteiger partial charge in [-0.1, -0.05) is 36.4 Å². The van der Waals surface area contributed by atoms with Crippen molar-refractivity contribution in [3.8, 4) is 5.75 Å². The summed E-state index contributed by atoms with van der Waals surface area (Å²) in [5.74, 6) is 1.38. The van der Waals surface area contributed by atoms with Crippen molar-refractivity contribution in [3.63, 3.8) is 0 Å². The Bertz CT molecular complexity index is 744. The van der Waals surface area contributed by atoms with E-state index in [1.54, 1.807) is 7.11 Å². The number of ketones is 1. The van der Waals surface area contributed by atoms with Crippen molar-refractivity contribution < 1.29 is 9.53 Å². The highest BCUT2D eigenvalue weighted by molar-refractivity contribution is 7.97. The van der Waals surface area contributed by atoms with Gasteiger partial charge in [0.05, 0.1) is 18.0 Å². The molecule has 0 aliphatic rings. The fourth-order valence-electron chi connectivity index (χ4n) is 2.46. The number of benzene rings is 3. The van der Waals surface area contributed by atoms with Crippen LogP contribution in [0.25, 0.3) is 0 Å². The highest BCUT2D eigenvalue weighted by Crippen LogP contribution is 2.24. The minimum Gasteiger partial charge on any atom is -0.497 e. The van der Waals surface area contributed by atoms with Crippen LogP contribution < -0.4 is 4.74 Å². The zero-order valence-corrected chi connectivity index (χ0v) is 14.3. The van der Waals surface area contributed by atoms with Gasteiger partial charge in [-0.3, -0.25) is 4.79 Å². The van der Waals surface area contributed by atoms with Crippen LogP contribution in [0.4, 0.5) is 0 Å². The number of methoxy groups -OCH3 is 1. The van der Waals surface area contributed by atoms with E-state index in [1.807, 2.05) is 60.7 Å². The number of hydrogen-bond acceptors (Lipinski definition) is 2. The SMILES string of the molecule is COc1ccc(C(=O)C[S+](c2ccccc2)c2ccccc2)cc1. The first-order valence-corrected chi connectivity index (χ1v) is 9.15. The molecule has 0 spiro atoms. The largest absolute Gasteiger partial charge is 0.497 e. The fraction of sp³-hybridized carbons (Fsp3) is 0.0952. The van der Waals surface area contributed by atoms with Crippen molar-refractivity contribution >= 4 is 16.7 Å². The predicted octanol–water partition coefficient (Wildman–Crippen LogP) is 4.61. The molecule has 0 amide bonds. The quantitative estimate of drug-likeness (QED) is 0.485. The summed E-state index contributed by atoms with van der Waals surface area (Å²) >= 11 is 0. The van der Waals surface area contributed by atoms with Gasteiger partial charge in [0.1, 0.15) is 5.75 Å². The molecule has 3 aromatic rings. The lowest BCUT2D eigenvalue weighted by atomic mass is 10.1. The fourth-order valence-corrected chi connectivity index (χ4v) is 4.47.